The molecule has 11 heteroatoms. The molecule has 1 saturated heterocycles. The Hall–Kier alpha value is -3.60. The van der Waals surface area contributed by atoms with Crippen molar-refractivity contribution in [2.45, 2.75) is 57.4 Å². The first-order valence-electron chi connectivity index (χ1n) is 11.9. The molecule has 202 valence electrons. The fourth-order valence-electron chi connectivity index (χ4n) is 4.08. The van der Waals surface area contributed by atoms with Gasteiger partial charge in [0.2, 0.25) is 0 Å². The molecule has 0 radical (unpaired) electrons. The van der Waals surface area contributed by atoms with Crippen LogP contribution >= 0.6 is 0 Å². The van der Waals surface area contributed by atoms with Gasteiger partial charge in [-0.05, 0) is 56.5 Å². The van der Waals surface area contributed by atoms with Gasteiger partial charge in [0.25, 0.3) is 5.91 Å². The highest BCUT2D eigenvalue weighted by Crippen LogP contribution is 2.15. The molecule has 0 aliphatic carbocycles. The number of aromatic carboxylic acids is 1. The van der Waals surface area contributed by atoms with E-state index in [4.69, 9.17) is 19.7 Å². The lowest BCUT2D eigenvalue weighted by Crippen LogP contribution is -3.21. The Labute approximate surface area is 213 Å². The van der Waals surface area contributed by atoms with Crippen LogP contribution in [0.15, 0.2) is 54.6 Å². The summed E-state index contributed by atoms with van der Waals surface area (Å²) in [5.41, 5.74) is 1.14. The summed E-state index contributed by atoms with van der Waals surface area (Å²) in [6.45, 7) is 5.59. The molecule has 1 amide bonds. The molecule has 1 fully saturated rings. The molecule has 1 aliphatic rings. The molecule has 0 bridgehead atoms. The van der Waals surface area contributed by atoms with Crippen molar-refractivity contribution in [3.8, 4) is 5.75 Å². The molecule has 0 aromatic heterocycles. The van der Waals surface area contributed by atoms with Gasteiger partial charge in [0.1, 0.15) is 24.4 Å². The van der Waals surface area contributed by atoms with E-state index < -0.39 is 18.1 Å². The maximum atomic E-state index is 13.1. The van der Waals surface area contributed by atoms with E-state index in [-0.39, 0.29) is 29.6 Å². The highest BCUT2D eigenvalue weighted by Gasteiger charge is 2.36. The van der Waals surface area contributed by atoms with Gasteiger partial charge in [0.15, 0.2) is 6.04 Å². The Morgan fingerprint density at radius 2 is 1.68 bits per heavy atom. The highest BCUT2D eigenvalue weighted by molar-refractivity contribution is 5.87. The standard InChI is InChI=1S/C24H30N2O4.C2HF3O2/c1-17(16-30-21-8-4-3-5-9-21)26-15-7-6-10-22(26)23(27)25-18(2)19-11-13-20(14-12-19)24(28)29;3-2(4,5)1(6)7/h3-5,8-9,11-14,17-18,22H,6-7,10,15-16H2,1-2H3,(H,25,27)(H,28,29);(H,6,7)/t17?,18-,22+;/m0./s1. The minimum atomic E-state index is -5.19. The first kappa shape index (κ1) is 29.6. The number of aliphatic carboxylic acids is 1. The summed E-state index contributed by atoms with van der Waals surface area (Å²) >= 11 is 0. The van der Waals surface area contributed by atoms with Crippen molar-refractivity contribution in [3.63, 3.8) is 0 Å². The Bertz CT molecular complexity index is 1030. The van der Waals surface area contributed by atoms with Crippen molar-refractivity contribution in [2.24, 2.45) is 0 Å². The zero-order valence-electron chi connectivity index (χ0n) is 20.6. The maximum Gasteiger partial charge on any atom is 0.430 e. The van der Waals surface area contributed by atoms with E-state index >= 15 is 0 Å². The van der Waals surface area contributed by atoms with Crippen LogP contribution in [0, 0.1) is 0 Å². The van der Waals surface area contributed by atoms with E-state index in [9.17, 15) is 22.8 Å². The van der Waals surface area contributed by atoms with Gasteiger partial charge in [-0.25, -0.2) is 4.79 Å². The van der Waals surface area contributed by atoms with Gasteiger partial charge in [-0.2, -0.15) is 13.2 Å². The highest BCUT2D eigenvalue weighted by atomic mass is 19.4. The number of ether oxygens (including phenoxy) is 1. The average molecular weight is 525 g/mol. The molecule has 8 nitrogen and oxygen atoms in total. The number of amides is 1. The average Bonchev–Trinajstić information content (AvgIpc) is 2.87. The molecule has 0 spiro atoms. The van der Waals surface area contributed by atoms with Crippen molar-refractivity contribution in [1.29, 1.82) is 0 Å². The van der Waals surface area contributed by atoms with E-state index in [1.807, 2.05) is 37.3 Å². The van der Waals surface area contributed by atoms with Gasteiger partial charge in [0, 0.05) is 6.42 Å². The number of rotatable bonds is 8. The van der Waals surface area contributed by atoms with Gasteiger partial charge in [-0.15, -0.1) is 0 Å². The van der Waals surface area contributed by atoms with Crippen LogP contribution in [0.4, 0.5) is 13.2 Å². The third-order valence-corrected chi connectivity index (χ3v) is 6.10. The Balaban J connectivity index is 0.000000604. The summed E-state index contributed by atoms with van der Waals surface area (Å²) in [5.74, 6) is -3.06. The molecule has 4 atom stereocenters. The molecule has 1 heterocycles. The van der Waals surface area contributed by atoms with Gasteiger partial charge < -0.3 is 30.0 Å². The third-order valence-electron chi connectivity index (χ3n) is 6.10. The van der Waals surface area contributed by atoms with E-state index in [1.54, 1.807) is 24.3 Å². The number of piperidine rings is 1. The number of alkyl halides is 3. The van der Waals surface area contributed by atoms with E-state index in [0.717, 1.165) is 37.1 Å². The Morgan fingerprint density at radius 3 is 2.22 bits per heavy atom. The quantitative estimate of drug-likeness (QED) is 0.484. The summed E-state index contributed by atoms with van der Waals surface area (Å²) < 4.78 is 37.5. The van der Waals surface area contributed by atoms with E-state index in [1.165, 1.54) is 4.90 Å². The number of hydrogen-bond donors (Lipinski definition) is 3. The van der Waals surface area contributed by atoms with Gasteiger partial charge in [-0.3, -0.25) is 4.79 Å². The summed E-state index contributed by atoms with van der Waals surface area (Å²) in [6.07, 6.45) is -2.17. The van der Waals surface area contributed by atoms with Crippen LogP contribution < -0.4 is 20.1 Å². The van der Waals surface area contributed by atoms with Crippen molar-refractivity contribution < 1.29 is 47.4 Å². The van der Waals surface area contributed by atoms with Crippen molar-refractivity contribution in [3.05, 3.63) is 65.7 Å². The van der Waals surface area contributed by atoms with Crippen LogP contribution in [-0.4, -0.2) is 54.4 Å². The first-order valence-corrected chi connectivity index (χ1v) is 11.9. The number of quaternary nitrogens is 1. The van der Waals surface area contributed by atoms with Crippen LogP contribution in [0.5, 0.6) is 5.75 Å². The largest absolute Gasteiger partial charge is 0.542 e. The summed E-state index contributed by atoms with van der Waals surface area (Å²) in [6, 6.07) is 16.3. The topological polar surface area (TPSA) is 120 Å². The minimum Gasteiger partial charge on any atom is -0.542 e. The number of carboxylic acid groups (broad SMARTS) is 2. The number of carboxylic acids is 2. The molecular formula is C26H31F3N2O6. The maximum absolute atomic E-state index is 13.1. The SMILES string of the molecule is CC(COc1ccccc1)[NH+]1CCCC[C@@H]1C(=O)N[C@@H](C)c1ccc(C(=O)O)cc1.O=C([O-])C(F)(F)F. The Morgan fingerprint density at radius 1 is 1.08 bits per heavy atom. The summed E-state index contributed by atoms with van der Waals surface area (Å²) in [7, 11) is 0. The molecule has 0 saturated carbocycles. The van der Waals surface area contributed by atoms with Crippen molar-refractivity contribution >= 4 is 17.8 Å². The van der Waals surface area contributed by atoms with Gasteiger partial charge >= 0.3 is 12.1 Å². The number of nitrogens with one attached hydrogen (secondary N) is 2. The number of para-hydroxylation sites is 1. The number of carbonyl (C=O) groups excluding carboxylic acids is 2. The second kappa shape index (κ2) is 13.6. The van der Waals surface area contributed by atoms with Crippen molar-refractivity contribution in [2.75, 3.05) is 13.2 Å². The second-order valence-electron chi connectivity index (χ2n) is 8.84. The summed E-state index contributed by atoms with van der Waals surface area (Å²) in [4.78, 5) is 34.2. The number of halogens is 3. The van der Waals surface area contributed by atoms with Gasteiger partial charge in [0.05, 0.1) is 18.2 Å². The zero-order chi connectivity index (χ0) is 27.6. The Kier molecular flexibility index (Phi) is 10.9. The van der Waals surface area contributed by atoms with Crippen LogP contribution in [0.3, 0.4) is 0 Å². The molecule has 2 aromatic rings. The summed E-state index contributed by atoms with van der Waals surface area (Å²) in [5, 5.41) is 21.0. The van der Waals surface area contributed by atoms with E-state index in [2.05, 4.69) is 12.2 Å². The lowest BCUT2D eigenvalue weighted by Gasteiger charge is -2.36. The zero-order valence-corrected chi connectivity index (χ0v) is 20.6. The molecule has 2 unspecified atom stereocenters. The first-order chi connectivity index (χ1) is 17.4. The lowest BCUT2D eigenvalue weighted by molar-refractivity contribution is -0.943. The van der Waals surface area contributed by atoms with Crippen molar-refractivity contribution in [1.82, 2.24) is 5.32 Å². The molecular weight excluding hydrogens is 493 g/mol. The fraction of sp³-hybridized carbons (Fsp3) is 0.423. The predicted molar refractivity (Wildman–Crippen MR) is 126 cm³/mol. The van der Waals surface area contributed by atoms with Crippen LogP contribution in [0.25, 0.3) is 0 Å². The fourth-order valence-corrected chi connectivity index (χ4v) is 4.08. The number of hydrogen-bond acceptors (Lipinski definition) is 5. The smallest absolute Gasteiger partial charge is 0.430 e. The molecule has 3 N–H and O–H groups in total. The molecule has 37 heavy (non-hydrogen) atoms. The van der Waals surface area contributed by atoms with E-state index in [0.29, 0.717) is 6.61 Å². The third kappa shape index (κ3) is 9.41. The second-order valence-corrected chi connectivity index (χ2v) is 8.84. The minimum absolute atomic E-state index is 0.0473. The van der Waals surface area contributed by atoms with Gasteiger partial charge in [-0.1, -0.05) is 30.3 Å². The number of carbonyl (C=O) groups is 3. The predicted octanol–water partition coefficient (Wildman–Crippen LogP) is 1.77. The molecule has 1 aliphatic heterocycles. The number of likely N-dealkylation sites (tertiary alicyclic amines) is 1. The monoisotopic (exact) mass is 524 g/mol. The van der Waals surface area contributed by atoms with Crippen LogP contribution in [0.2, 0.25) is 0 Å². The van der Waals surface area contributed by atoms with Crippen LogP contribution in [0.1, 0.15) is 55.1 Å². The lowest BCUT2D eigenvalue weighted by atomic mass is 9.98. The molecule has 3 rings (SSSR count). The van der Waals surface area contributed by atoms with Crippen LogP contribution in [-0.2, 0) is 9.59 Å². The normalized spacial score (nSPS) is 18.9. The molecule has 2 aromatic carbocycles. The number of benzene rings is 2.